The molecule has 19 heavy (non-hydrogen) atoms. The van der Waals surface area contributed by atoms with Crippen LogP contribution in [0.2, 0.25) is 0 Å². The average Bonchev–Trinajstić information content (AvgIpc) is 2.37. The normalized spacial score (nSPS) is 9.53. The third-order valence-electron chi connectivity index (χ3n) is 2.93. The van der Waals surface area contributed by atoms with Crippen molar-refractivity contribution in [2.24, 2.45) is 0 Å². The van der Waals surface area contributed by atoms with E-state index in [1.807, 2.05) is 0 Å². The van der Waals surface area contributed by atoms with Gasteiger partial charge in [0.1, 0.15) is 0 Å². The molecule has 0 radical (unpaired) electrons. The van der Waals surface area contributed by atoms with Gasteiger partial charge in [0.25, 0.3) is 0 Å². The van der Waals surface area contributed by atoms with Crippen molar-refractivity contribution in [1.82, 2.24) is 4.90 Å². The summed E-state index contributed by atoms with van der Waals surface area (Å²) in [6.45, 7) is 21.2. The van der Waals surface area contributed by atoms with E-state index in [4.69, 9.17) is 0 Å². The summed E-state index contributed by atoms with van der Waals surface area (Å²) in [6.07, 6.45) is 8.60. The second kappa shape index (κ2) is 15.3. The van der Waals surface area contributed by atoms with E-state index in [-0.39, 0.29) is 0 Å². The lowest BCUT2D eigenvalue weighted by Gasteiger charge is -2.25. The Labute approximate surface area is 122 Å². The Morgan fingerprint density at radius 2 is 1.32 bits per heavy atom. The zero-order chi connectivity index (χ0) is 15.1. The van der Waals surface area contributed by atoms with E-state index < -0.39 is 0 Å². The number of nitrogens with zero attached hydrogens (tertiary/aromatic N) is 1. The second-order valence-electron chi connectivity index (χ2n) is 5.36. The third-order valence-corrected chi connectivity index (χ3v) is 2.93. The molecule has 0 aliphatic heterocycles. The first-order valence-corrected chi connectivity index (χ1v) is 8.10. The van der Waals surface area contributed by atoms with Crippen molar-refractivity contribution in [1.29, 1.82) is 0 Å². The van der Waals surface area contributed by atoms with Gasteiger partial charge in [-0.25, -0.2) is 0 Å². The van der Waals surface area contributed by atoms with Crippen LogP contribution in [0.25, 0.3) is 0 Å². The van der Waals surface area contributed by atoms with Crippen LogP contribution in [0.15, 0.2) is 24.4 Å². The highest BCUT2D eigenvalue weighted by Crippen LogP contribution is 2.09. The van der Waals surface area contributed by atoms with Gasteiger partial charge in [-0.2, -0.15) is 0 Å². The summed E-state index contributed by atoms with van der Waals surface area (Å²) in [4.78, 5) is 2.42. The van der Waals surface area contributed by atoms with Crippen molar-refractivity contribution in [3.63, 3.8) is 0 Å². The van der Waals surface area contributed by atoms with E-state index in [9.17, 15) is 0 Å². The number of allylic oxidation sites excluding steroid dienone is 2. The zero-order valence-corrected chi connectivity index (χ0v) is 14.2. The van der Waals surface area contributed by atoms with Gasteiger partial charge in [-0.15, -0.1) is 6.58 Å². The molecule has 0 aromatic carbocycles. The molecule has 0 fully saturated rings. The van der Waals surface area contributed by atoms with Crippen LogP contribution in [-0.2, 0) is 0 Å². The molecule has 0 saturated carbocycles. The SMILES string of the molecule is C=C(C)CCCC.C=C(CCC)N(CCC)CCC. The topological polar surface area (TPSA) is 3.24 Å². The summed E-state index contributed by atoms with van der Waals surface area (Å²) in [5, 5.41) is 0. The van der Waals surface area contributed by atoms with Crippen molar-refractivity contribution in [3.05, 3.63) is 24.4 Å². The Morgan fingerprint density at radius 1 is 0.789 bits per heavy atom. The van der Waals surface area contributed by atoms with Gasteiger partial charge in [-0.05, 0) is 39.0 Å². The summed E-state index contributed by atoms with van der Waals surface area (Å²) in [5.41, 5.74) is 2.63. The molecule has 0 bridgehead atoms. The summed E-state index contributed by atoms with van der Waals surface area (Å²) < 4.78 is 0. The molecule has 1 heteroatoms. The minimum absolute atomic E-state index is 1.15. The standard InChI is InChI=1S/C11H23N.C7H14/c1-5-8-11(4)12(9-6-2)10-7-3;1-4-5-6-7(2)3/h4-10H2,1-3H3;2,4-6H2,1,3H3. The Balaban J connectivity index is 0. The molecule has 114 valence electrons. The molecule has 0 spiro atoms. The van der Waals surface area contributed by atoms with Crippen LogP contribution < -0.4 is 0 Å². The summed E-state index contributed by atoms with van der Waals surface area (Å²) in [6, 6.07) is 0. The molecule has 0 amide bonds. The molecular weight excluding hydrogens is 230 g/mol. The third kappa shape index (κ3) is 15.2. The lowest BCUT2D eigenvalue weighted by Crippen LogP contribution is -2.24. The average molecular weight is 268 g/mol. The number of hydrogen-bond donors (Lipinski definition) is 0. The lowest BCUT2D eigenvalue weighted by molar-refractivity contribution is 0.333. The van der Waals surface area contributed by atoms with Crippen molar-refractivity contribution >= 4 is 0 Å². The van der Waals surface area contributed by atoms with E-state index in [0.29, 0.717) is 0 Å². The maximum absolute atomic E-state index is 4.11. The van der Waals surface area contributed by atoms with Crippen molar-refractivity contribution in [2.75, 3.05) is 13.1 Å². The van der Waals surface area contributed by atoms with Crippen molar-refractivity contribution < 1.29 is 0 Å². The number of hydrogen-bond acceptors (Lipinski definition) is 1. The fourth-order valence-corrected chi connectivity index (χ4v) is 1.89. The second-order valence-corrected chi connectivity index (χ2v) is 5.36. The Kier molecular flexibility index (Phi) is 16.6. The number of unbranched alkanes of at least 4 members (excludes halogenated alkanes) is 1. The first-order chi connectivity index (χ1) is 9.03. The van der Waals surface area contributed by atoms with Gasteiger partial charge in [0, 0.05) is 18.8 Å². The molecular formula is C18H37N. The fraction of sp³-hybridized carbons (Fsp3) is 0.778. The van der Waals surface area contributed by atoms with Gasteiger partial charge in [0.05, 0.1) is 0 Å². The molecule has 0 aromatic rings. The maximum atomic E-state index is 4.11. The zero-order valence-electron chi connectivity index (χ0n) is 14.2. The van der Waals surface area contributed by atoms with Crippen LogP contribution in [-0.4, -0.2) is 18.0 Å². The Morgan fingerprint density at radius 3 is 1.58 bits per heavy atom. The van der Waals surface area contributed by atoms with E-state index in [1.165, 1.54) is 62.9 Å². The molecule has 0 saturated heterocycles. The highest BCUT2D eigenvalue weighted by Gasteiger charge is 2.03. The maximum Gasteiger partial charge on any atom is 0.0172 e. The van der Waals surface area contributed by atoms with Gasteiger partial charge in [-0.1, -0.05) is 52.7 Å². The molecule has 1 nitrogen and oxygen atoms in total. The van der Waals surface area contributed by atoms with Gasteiger partial charge >= 0.3 is 0 Å². The molecule has 0 aromatic heterocycles. The Bertz CT molecular complexity index is 212. The lowest BCUT2D eigenvalue weighted by atomic mass is 10.2. The predicted octanol–water partition coefficient (Wildman–Crippen LogP) is 6.17. The van der Waals surface area contributed by atoms with Crippen LogP contribution in [0.1, 0.15) is 79.6 Å². The molecule has 0 aliphatic carbocycles. The first kappa shape index (κ1) is 20.6. The van der Waals surface area contributed by atoms with Gasteiger partial charge < -0.3 is 4.90 Å². The van der Waals surface area contributed by atoms with Crippen LogP contribution in [0.5, 0.6) is 0 Å². The van der Waals surface area contributed by atoms with Crippen LogP contribution in [0.4, 0.5) is 0 Å². The minimum Gasteiger partial charge on any atom is -0.375 e. The summed E-state index contributed by atoms with van der Waals surface area (Å²) in [7, 11) is 0. The summed E-state index contributed by atoms with van der Waals surface area (Å²) >= 11 is 0. The number of rotatable bonds is 10. The van der Waals surface area contributed by atoms with Crippen molar-refractivity contribution in [2.45, 2.75) is 79.6 Å². The molecule has 0 N–H and O–H groups in total. The fourth-order valence-electron chi connectivity index (χ4n) is 1.89. The molecule has 0 heterocycles. The van der Waals surface area contributed by atoms with Gasteiger partial charge in [0.15, 0.2) is 0 Å². The molecule has 0 atom stereocenters. The largest absolute Gasteiger partial charge is 0.375 e. The summed E-state index contributed by atoms with van der Waals surface area (Å²) in [5.74, 6) is 0. The quantitative estimate of drug-likeness (QED) is 0.427. The molecule has 0 aliphatic rings. The smallest absolute Gasteiger partial charge is 0.0172 e. The first-order valence-electron chi connectivity index (χ1n) is 8.10. The monoisotopic (exact) mass is 267 g/mol. The predicted molar refractivity (Wildman–Crippen MR) is 90.5 cm³/mol. The van der Waals surface area contributed by atoms with Crippen molar-refractivity contribution in [3.8, 4) is 0 Å². The van der Waals surface area contributed by atoms with E-state index in [0.717, 1.165) is 6.42 Å². The molecule has 0 rings (SSSR count). The van der Waals surface area contributed by atoms with Crippen LogP contribution in [0, 0.1) is 0 Å². The minimum atomic E-state index is 1.15. The Hall–Kier alpha value is -0.720. The van der Waals surface area contributed by atoms with Gasteiger partial charge in [-0.3, -0.25) is 0 Å². The van der Waals surface area contributed by atoms with E-state index in [2.05, 4.69) is 52.7 Å². The highest BCUT2D eigenvalue weighted by atomic mass is 15.1. The van der Waals surface area contributed by atoms with Gasteiger partial charge in [0.2, 0.25) is 0 Å². The molecule has 0 unspecified atom stereocenters. The van der Waals surface area contributed by atoms with E-state index in [1.54, 1.807) is 0 Å². The van der Waals surface area contributed by atoms with Crippen LogP contribution in [0.3, 0.4) is 0 Å². The van der Waals surface area contributed by atoms with Crippen LogP contribution >= 0.6 is 0 Å². The highest BCUT2D eigenvalue weighted by molar-refractivity contribution is 4.93. The van der Waals surface area contributed by atoms with E-state index >= 15 is 0 Å².